The van der Waals surface area contributed by atoms with Crippen LogP contribution in [0, 0.1) is 5.41 Å². The van der Waals surface area contributed by atoms with Crippen LogP contribution in [0.4, 0.5) is 0 Å². The number of hydrogen-bond donors (Lipinski definition) is 3. The molecule has 3 N–H and O–H groups in total. The zero-order chi connectivity index (χ0) is 14.6. The number of ether oxygens (including phenoxy) is 1. The Morgan fingerprint density at radius 2 is 2.05 bits per heavy atom. The summed E-state index contributed by atoms with van der Waals surface area (Å²) in [6, 6.07) is 0.252. The Kier molecular flexibility index (Phi) is 5.77. The van der Waals surface area contributed by atoms with Crippen molar-refractivity contribution in [1.29, 1.82) is 0 Å². The molecule has 0 aromatic heterocycles. The van der Waals surface area contributed by atoms with Crippen LogP contribution >= 0.6 is 0 Å². The van der Waals surface area contributed by atoms with Gasteiger partial charge >= 0.3 is 0 Å². The van der Waals surface area contributed by atoms with Crippen LogP contribution in [0.5, 0.6) is 0 Å². The molecule has 0 aliphatic carbocycles. The van der Waals surface area contributed by atoms with Crippen molar-refractivity contribution < 1.29 is 14.6 Å². The van der Waals surface area contributed by atoms with Crippen molar-refractivity contribution in [3.63, 3.8) is 0 Å². The van der Waals surface area contributed by atoms with Gasteiger partial charge in [0.1, 0.15) is 6.10 Å². The van der Waals surface area contributed by atoms with Crippen LogP contribution in [0.15, 0.2) is 0 Å². The predicted octanol–water partition coefficient (Wildman–Crippen LogP) is 0.665. The van der Waals surface area contributed by atoms with E-state index >= 15 is 0 Å². The van der Waals surface area contributed by atoms with Crippen LogP contribution in [-0.4, -0.2) is 48.5 Å². The van der Waals surface area contributed by atoms with Crippen molar-refractivity contribution in [2.45, 2.75) is 65.3 Å². The summed E-state index contributed by atoms with van der Waals surface area (Å²) in [5.41, 5.74) is -0.0268. The highest BCUT2D eigenvalue weighted by Gasteiger charge is 2.36. The normalized spacial score (nSPS) is 27.8. The Morgan fingerprint density at radius 1 is 1.42 bits per heavy atom. The molecule has 0 radical (unpaired) electrons. The van der Waals surface area contributed by atoms with Gasteiger partial charge < -0.3 is 20.5 Å². The summed E-state index contributed by atoms with van der Waals surface area (Å²) in [6.45, 7) is 11.0. The van der Waals surface area contributed by atoms with Gasteiger partial charge in [-0.05, 0) is 5.41 Å². The molecular formula is C14H28N2O3. The third-order valence-electron chi connectivity index (χ3n) is 3.02. The molecule has 1 saturated heterocycles. The average Bonchev–Trinajstić information content (AvgIpc) is 2.54. The molecular weight excluding hydrogens is 244 g/mol. The largest absolute Gasteiger partial charge is 0.389 e. The molecule has 5 nitrogen and oxygen atoms in total. The number of hydrogen-bond acceptors (Lipinski definition) is 4. The molecule has 1 amide bonds. The van der Waals surface area contributed by atoms with Gasteiger partial charge in [0, 0.05) is 19.0 Å². The quantitative estimate of drug-likeness (QED) is 0.688. The van der Waals surface area contributed by atoms with Crippen LogP contribution in [0.3, 0.4) is 0 Å². The second-order valence-corrected chi connectivity index (χ2v) is 6.83. The lowest BCUT2D eigenvalue weighted by Gasteiger charge is -2.21. The van der Waals surface area contributed by atoms with Crippen molar-refractivity contribution in [3.05, 3.63) is 0 Å². The van der Waals surface area contributed by atoms with Gasteiger partial charge in [0.2, 0.25) is 5.91 Å². The van der Waals surface area contributed by atoms with Gasteiger partial charge in [-0.2, -0.15) is 0 Å². The van der Waals surface area contributed by atoms with E-state index in [1.54, 1.807) is 0 Å². The molecule has 1 rings (SSSR count). The monoisotopic (exact) mass is 272 g/mol. The molecule has 0 bridgehead atoms. The maximum absolute atomic E-state index is 11.7. The zero-order valence-electron chi connectivity index (χ0n) is 12.7. The Balaban J connectivity index is 2.33. The zero-order valence-corrected chi connectivity index (χ0v) is 12.7. The fourth-order valence-corrected chi connectivity index (χ4v) is 2.20. The number of carbonyl (C=O) groups excluding carboxylic acids is 1. The van der Waals surface area contributed by atoms with E-state index in [9.17, 15) is 9.90 Å². The highest BCUT2D eigenvalue weighted by molar-refractivity contribution is 5.76. The summed E-state index contributed by atoms with van der Waals surface area (Å²) >= 11 is 0. The van der Waals surface area contributed by atoms with Gasteiger partial charge in [0.15, 0.2) is 0 Å². The highest BCUT2D eigenvalue weighted by atomic mass is 16.5. The third-order valence-corrected chi connectivity index (χ3v) is 3.02. The smallest absolute Gasteiger partial charge is 0.220 e. The van der Waals surface area contributed by atoms with E-state index in [4.69, 9.17) is 4.74 Å². The average molecular weight is 272 g/mol. The van der Waals surface area contributed by atoms with Gasteiger partial charge in [-0.1, -0.05) is 34.6 Å². The van der Waals surface area contributed by atoms with Crippen molar-refractivity contribution in [3.8, 4) is 0 Å². The SMILES string of the molecule is CC(C)N[C@@H]1CO[C@H](CNC(=O)CC(C)(C)C)[C@H]1O. The molecule has 0 aromatic rings. The van der Waals surface area contributed by atoms with Gasteiger partial charge in [-0.25, -0.2) is 0 Å². The first-order valence-electron chi connectivity index (χ1n) is 7.01. The molecule has 1 aliphatic heterocycles. The van der Waals surface area contributed by atoms with Crippen molar-refractivity contribution >= 4 is 5.91 Å². The fourth-order valence-electron chi connectivity index (χ4n) is 2.20. The Hall–Kier alpha value is -0.650. The molecule has 0 saturated carbocycles. The van der Waals surface area contributed by atoms with E-state index in [2.05, 4.69) is 10.6 Å². The first-order chi connectivity index (χ1) is 8.69. The summed E-state index contributed by atoms with van der Waals surface area (Å²) in [5.74, 6) is 0.00330. The van der Waals surface area contributed by atoms with Gasteiger partial charge in [-0.15, -0.1) is 0 Å². The number of aliphatic hydroxyl groups is 1. The second-order valence-electron chi connectivity index (χ2n) is 6.83. The number of aliphatic hydroxyl groups excluding tert-OH is 1. The topological polar surface area (TPSA) is 70.6 Å². The summed E-state index contributed by atoms with van der Waals surface area (Å²) in [5, 5.41) is 16.2. The molecule has 19 heavy (non-hydrogen) atoms. The Morgan fingerprint density at radius 3 is 2.58 bits per heavy atom. The standard InChI is InChI=1S/C14H28N2O3/c1-9(2)16-10-8-19-11(13(10)18)7-15-12(17)6-14(3,4)5/h9-11,13,16,18H,6-8H2,1-5H3,(H,15,17)/t10-,11-,13+/m1/s1. The minimum absolute atomic E-state index is 0.00330. The molecule has 3 atom stereocenters. The van der Waals surface area contributed by atoms with Crippen LogP contribution in [0.1, 0.15) is 41.0 Å². The second kappa shape index (κ2) is 6.68. The lowest BCUT2D eigenvalue weighted by Crippen LogP contribution is -2.47. The summed E-state index contributed by atoms with van der Waals surface area (Å²) in [4.78, 5) is 11.7. The lowest BCUT2D eigenvalue weighted by molar-refractivity contribution is -0.123. The van der Waals surface area contributed by atoms with E-state index in [-0.39, 0.29) is 23.5 Å². The van der Waals surface area contributed by atoms with Gasteiger partial charge in [0.25, 0.3) is 0 Å². The Labute approximate surface area is 116 Å². The van der Waals surface area contributed by atoms with Crippen molar-refractivity contribution in [2.75, 3.05) is 13.2 Å². The van der Waals surface area contributed by atoms with E-state index in [0.29, 0.717) is 25.6 Å². The lowest BCUT2D eigenvalue weighted by atomic mass is 9.92. The van der Waals surface area contributed by atoms with E-state index < -0.39 is 6.10 Å². The maximum atomic E-state index is 11.7. The van der Waals surface area contributed by atoms with Crippen LogP contribution in [0.25, 0.3) is 0 Å². The molecule has 1 aliphatic rings. The van der Waals surface area contributed by atoms with Crippen LogP contribution in [-0.2, 0) is 9.53 Å². The first-order valence-corrected chi connectivity index (χ1v) is 7.01. The van der Waals surface area contributed by atoms with Crippen molar-refractivity contribution in [1.82, 2.24) is 10.6 Å². The van der Waals surface area contributed by atoms with Crippen LogP contribution < -0.4 is 10.6 Å². The minimum atomic E-state index is -0.572. The number of nitrogens with one attached hydrogen (secondary N) is 2. The molecule has 0 aromatic carbocycles. The summed E-state index contributed by atoms with van der Waals surface area (Å²) < 4.78 is 5.53. The minimum Gasteiger partial charge on any atom is -0.389 e. The first kappa shape index (κ1) is 16.4. The Bertz CT molecular complexity index is 300. The summed E-state index contributed by atoms with van der Waals surface area (Å²) in [7, 11) is 0. The third kappa shape index (κ3) is 5.89. The van der Waals surface area contributed by atoms with Gasteiger partial charge in [0.05, 0.1) is 18.8 Å². The molecule has 112 valence electrons. The molecule has 1 fully saturated rings. The highest BCUT2D eigenvalue weighted by Crippen LogP contribution is 2.18. The van der Waals surface area contributed by atoms with Gasteiger partial charge in [-0.3, -0.25) is 4.79 Å². The van der Waals surface area contributed by atoms with E-state index in [1.807, 2.05) is 34.6 Å². The fraction of sp³-hybridized carbons (Fsp3) is 0.929. The molecule has 0 spiro atoms. The molecule has 5 heteroatoms. The summed E-state index contributed by atoms with van der Waals surface area (Å²) in [6.07, 6.45) is -0.416. The van der Waals surface area contributed by atoms with E-state index in [1.165, 1.54) is 0 Å². The van der Waals surface area contributed by atoms with Crippen LogP contribution in [0.2, 0.25) is 0 Å². The van der Waals surface area contributed by atoms with E-state index in [0.717, 1.165) is 0 Å². The predicted molar refractivity (Wildman–Crippen MR) is 74.9 cm³/mol. The molecule has 1 heterocycles. The number of amides is 1. The molecule has 0 unspecified atom stereocenters. The van der Waals surface area contributed by atoms with Crippen molar-refractivity contribution in [2.24, 2.45) is 5.41 Å². The number of rotatable bonds is 5. The number of carbonyl (C=O) groups is 1. The maximum Gasteiger partial charge on any atom is 0.220 e.